The van der Waals surface area contributed by atoms with Gasteiger partial charge in [0.2, 0.25) is 5.82 Å². The maximum absolute atomic E-state index is 12.2. The average Bonchev–Trinajstić information content (AvgIpc) is 3.10. The number of hydrogen-bond donors (Lipinski definition) is 3. The minimum absolute atomic E-state index is 0.00231. The lowest BCUT2D eigenvalue weighted by Gasteiger charge is -2.24. The Balaban J connectivity index is 1.88. The van der Waals surface area contributed by atoms with Crippen molar-refractivity contribution in [2.45, 2.75) is 12.5 Å². The zero-order valence-corrected chi connectivity index (χ0v) is 12.2. The van der Waals surface area contributed by atoms with Gasteiger partial charge in [-0.3, -0.25) is 14.2 Å². The average molecular weight is 325 g/mol. The summed E-state index contributed by atoms with van der Waals surface area (Å²) in [6, 6.07) is 4.83. The molecule has 24 heavy (non-hydrogen) atoms. The van der Waals surface area contributed by atoms with Crippen molar-refractivity contribution in [1.29, 1.82) is 0 Å². The number of hydrogen-bond acceptors (Lipinski definition) is 4. The fourth-order valence-corrected chi connectivity index (χ4v) is 3.16. The number of carboxylic acids is 2. The van der Waals surface area contributed by atoms with E-state index >= 15 is 0 Å². The van der Waals surface area contributed by atoms with Gasteiger partial charge in [0.15, 0.2) is 5.69 Å². The van der Waals surface area contributed by atoms with Gasteiger partial charge < -0.3 is 15.5 Å². The van der Waals surface area contributed by atoms with E-state index in [1.807, 2.05) is 6.07 Å². The quantitative estimate of drug-likeness (QED) is 0.774. The number of carbonyl (C=O) groups is 3. The molecule has 2 aliphatic rings. The van der Waals surface area contributed by atoms with Crippen LogP contribution in [0.25, 0.3) is 11.8 Å². The summed E-state index contributed by atoms with van der Waals surface area (Å²) in [6.45, 7) is 0. The lowest BCUT2D eigenvalue weighted by molar-refractivity contribution is -0.136. The molecule has 1 atom stereocenters. The summed E-state index contributed by atoms with van der Waals surface area (Å²) >= 11 is 0. The second kappa shape index (κ2) is 4.79. The molecular formula is C16H11N3O5. The number of carbonyl (C=O) groups excluding carboxylic acids is 1. The first-order chi connectivity index (χ1) is 11.5. The molecule has 1 aliphatic heterocycles. The van der Waals surface area contributed by atoms with Gasteiger partial charge in [-0.2, -0.15) is 0 Å². The Morgan fingerprint density at radius 3 is 2.79 bits per heavy atom. The molecule has 1 aromatic heterocycles. The minimum atomic E-state index is -1.22. The molecule has 1 aromatic carbocycles. The normalized spacial score (nSPS) is 17.4. The van der Waals surface area contributed by atoms with Crippen LogP contribution >= 0.6 is 0 Å². The van der Waals surface area contributed by atoms with Gasteiger partial charge in [0.05, 0.1) is 18.2 Å². The van der Waals surface area contributed by atoms with Crippen molar-refractivity contribution in [3.05, 3.63) is 52.6 Å². The molecule has 0 radical (unpaired) electrons. The molecule has 2 aromatic rings. The van der Waals surface area contributed by atoms with E-state index in [0.29, 0.717) is 11.3 Å². The van der Waals surface area contributed by atoms with Crippen molar-refractivity contribution >= 4 is 29.6 Å². The lowest BCUT2D eigenvalue weighted by Crippen LogP contribution is -2.36. The number of benzene rings is 1. The maximum Gasteiger partial charge on any atom is 0.356 e. The van der Waals surface area contributed by atoms with Gasteiger partial charge >= 0.3 is 11.9 Å². The van der Waals surface area contributed by atoms with Crippen LogP contribution in [0.15, 0.2) is 24.4 Å². The van der Waals surface area contributed by atoms with E-state index in [1.165, 1.54) is 10.8 Å². The molecule has 8 heteroatoms. The third kappa shape index (κ3) is 1.93. The molecule has 120 valence electrons. The van der Waals surface area contributed by atoms with Crippen LogP contribution in [0.5, 0.6) is 0 Å². The number of aromatic carboxylic acids is 1. The molecule has 0 saturated heterocycles. The third-order valence-electron chi connectivity index (χ3n) is 4.15. The van der Waals surface area contributed by atoms with Crippen LogP contribution in [0.1, 0.15) is 43.8 Å². The molecule has 0 spiro atoms. The van der Waals surface area contributed by atoms with Crippen LogP contribution in [-0.2, 0) is 11.2 Å². The third-order valence-corrected chi connectivity index (χ3v) is 4.15. The van der Waals surface area contributed by atoms with Gasteiger partial charge in [0.25, 0.3) is 5.91 Å². The Labute approximate surface area is 135 Å². The number of rotatable bonds is 3. The smallest absolute Gasteiger partial charge is 0.356 e. The first-order valence-corrected chi connectivity index (χ1v) is 7.15. The predicted octanol–water partition coefficient (Wildman–Crippen LogP) is 1.00. The standard InChI is InChI=1S/C16H11N3O5/c20-12(21)4-7-2-1-3-8-9(7)5-11-13(8)18-15(22)14-17-10(16(23)24)6-19(11)14/h1-3,5-6,13H,4H2,(H,18,22)(H,20,21)(H,23,24). The van der Waals surface area contributed by atoms with Crippen molar-refractivity contribution in [3.63, 3.8) is 0 Å². The molecule has 4 rings (SSSR count). The second-order valence-electron chi connectivity index (χ2n) is 5.59. The van der Waals surface area contributed by atoms with Crippen molar-refractivity contribution < 1.29 is 24.6 Å². The van der Waals surface area contributed by atoms with Crippen LogP contribution < -0.4 is 5.32 Å². The van der Waals surface area contributed by atoms with Crippen molar-refractivity contribution in [3.8, 4) is 0 Å². The molecule has 0 bridgehead atoms. The Kier molecular flexibility index (Phi) is 2.83. The number of fused-ring (bicyclic) bond motifs is 5. The molecule has 0 saturated carbocycles. The van der Waals surface area contributed by atoms with Gasteiger partial charge in [-0.1, -0.05) is 18.2 Å². The summed E-state index contributed by atoms with van der Waals surface area (Å²) in [5.74, 6) is -2.63. The van der Waals surface area contributed by atoms with Crippen LogP contribution in [0.3, 0.4) is 0 Å². The van der Waals surface area contributed by atoms with E-state index in [-0.39, 0.29) is 17.9 Å². The molecular weight excluding hydrogens is 314 g/mol. The van der Waals surface area contributed by atoms with E-state index in [1.54, 1.807) is 18.2 Å². The largest absolute Gasteiger partial charge is 0.481 e. The predicted molar refractivity (Wildman–Crippen MR) is 81.3 cm³/mol. The second-order valence-corrected chi connectivity index (χ2v) is 5.59. The van der Waals surface area contributed by atoms with Crippen LogP contribution in [0, 0.1) is 0 Å². The van der Waals surface area contributed by atoms with Crippen molar-refractivity contribution in [2.24, 2.45) is 0 Å². The number of nitrogens with one attached hydrogen (secondary N) is 1. The highest BCUT2D eigenvalue weighted by molar-refractivity contribution is 6.01. The zero-order chi connectivity index (χ0) is 17.0. The highest BCUT2D eigenvalue weighted by atomic mass is 16.4. The fraction of sp³-hybridized carbons (Fsp3) is 0.125. The summed E-state index contributed by atoms with van der Waals surface area (Å²) in [5.41, 5.74) is 2.59. The summed E-state index contributed by atoms with van der Waals surface area (Å²) in [5, 5.41) is 20.9. The van der Waals surface area contributed by atoms with E-state index in [0.717, 1.165) is 11.1 Å². The zero-order valence-electron chi connectivity index (χ0n) is 12.2. The van der Waals surface area contributed by atoms with Gasteiger partial charge in [-0.15, -0.1) is 0 Å². The van der Waals surface area contributed by atoms with Crippen molar-refractivity contribution in [1.82, 2.24) is 14.9 Å². The number of imidazole rings is 1. The monoisotopic (exact) mass is 325 g/mol. The van der Waals surface area contributed by atoms with Crippen LogP contribution in [-0.4, -0.2) is 37.6 Å². The summed E-state index contributed by atoms with van der Waals surface area (Å²) in [7, 11) is 0. The first kappa shape index (κ1) is 14.2. The summed E-state index contributed by atoms with van der Waals surface area (Å²) in [6.07, 6.45) is 2.94. The van der Waals surface area contributed by atoms with Gasteiger partial charge in [-0.05, 0) is 22.8 Å². The summed E-state index contributed by atoms with van der Waals surface area (Å²) < 4.78 is 1.46. The van der Waals surface area contributed by atoms with Crippen molar-refractivity contribution in [2.75, 3.05) is 0 Å². The van der Waals surface area contributed by atoms with Gasteiger partial charge in [-0.25, -0.2) is 9.78 Å². The minimum Gasteiger partial charge on any atom is -0.481 e. The highest BCUT2D eigenvalue weighted by Crippen LogP contribution is 2.41. The molecule has 1 unspecified atom stereocenters. The maximum atomic E-state index is 12.2. The molecule has 2 heterocycles. The molecule has 3 N–H and O–H groups in total. The number of nitrogens with zero attached hydrogens (tertiary/aromatic N) is 2. The van der Waals surface area contributed by atoms with Gasteiger partial charge in [0, 0.05) is 6.20 Å². The number of amides is 1. The SMILES string of the molecule is O=C(O)Cc1cccc2c1C=C1C2NC(=O)c2nc(C(=O)O)cn21. The Hall–Kier alpha value is -3.42. The molecule has 1 aliphatic carbocycles. The molecule has 1 amide bonds. The highest BCUT2D eigenvalue weighted by Gasteiger charge is 2.37. The lowest BCUT2D eigenvalue weighted by atomic mass is 9.99. The van der Waals surface area contributed by atoms with E-state index in [4.69, 9.17) is 10.2 Å². The number of carboxylic acid groups (broad SMARTS) is 2. The van der Waals surface area contributed by atoms with Gasteiger partial charge in [0.1, 0.15) is 0 Å². The fourth-order valence-electron chi connectivity index (χ4n) is 3.16. The Bertz CT molecular complexity index is 957. The topological polar surface area (TPSA) is 122 Å². The van der Waals surface area contributed by atoms with Crippen LogP contribution in [0.2, 0.25) is 0 Å². The van der Waals surface area contributed by atoms with E-state index in [2.05, 4.69) is 10.3 Å². The number of aliphatic carboxylic acids is 1. The Morgan fingerprint density at radius 1 is 1.29 bits per heavy atom. The molecule has 8 nitrogen and oxygen atoms in total. The number of aromatic nitrogens is 2. The van der Waals surface area contributed by atoms with E-state index in [9.17, 15) is 14.4 Å². The first-order valence-electron chi connectivity index (χ1n) is 7.15. The van der Waals surface area contributed by atoms with E-state index < -0.39 is 23.9 Å². The Morgan fingerprint density at radius 2 is 2.08 bits per heavy atom. The molecule has 0 fully saturated rings. The van der Waals surface area contributed by atoms with Crippen LogP contribution in [0.4, 0.5) is 0 Å². The summed E-state index contributed by atoms with van der Waals surface area (Å²) in [4.78, 5) is 38.2.